The molecule has 3 heterocycles. The number of methoxy groups -OCH3 is 1. The van der Waals surface area contributed by atoms with E-state index in [4.69, 9.17) is 10.5 Å². The molecule has 8 nitrogen and oxygen atoms in total. The van der Waals surface area contributed by atoms with Crippen molar-refractivity contribution in [3.8, 4) is 5.75 Å². The number of aromatic nitrogens is 3. The van der Waals surface area contributed by atoms with Gasteiger partial charge in [0.2, 0.25) is 0 Å². The van der Waals surface area contributed by atoms with Crippen LogP contribution in [0.4, 0.5) is 5.82 Å². The van der Waals surface area contributed by atoms with Gasteiger partial charge in [-0.05, 0) is 13.8 Å². The van der Waals surface area contributed by atoms with E-state index in [-0.39, 0.29) is 28.9 Å². The highest BCUT2D eigenvalue weighted by atomic mass is 16.5. The zero-order chi connectivity index (χ0) is 15.3. The first-order chi connectivity index (χ1) is 10.0. The van der Waals surface area contributed by atoms with Gasteiger partial charge in [0.1, 0.15) is 10.9 Å². The summed E-state index contributed by atoms with van der Waals surface area (Å²) < 4.78 is 7.11. The van der Waals surface area contributed by atoms with Crippen molar-refractivity contribution >= 4 is 22.6 Å². The van der Waals surface area contributed by atoms with Gasteiger partial charge in [0.25, 0.3) is 11.5 Å². The summed E-state index contributed by atoms with van der Waals surface area (Å²) in [5.74, 6) is 0.275. The average molecular weight is 291 g/mol. The van der Waals surface area contributed by atoms with Crippen LogP contribution in [0.1, 0.15) is 30.4 Å². The number of aromatic amines is 1. The molecule has 2 aromatic heterocycles. The fourth-order valence-electron chi connectivity index (χ4n) is 3.00. The second-order valence-corrected chi connectivity index (χ2v) is 5.11. The number of nitrogen functional groups attached to an aromatic ring is 1. The summed E-state index contributed by atoms with van der Waals surface area (Å²) in [6.07, 6.45) is 0. The Kier molecular flexibility index (Phi) is 2.89. The Bertz CT molecular complexity index is 791. The topological polar surface area (TPSA) is 106 Å². The lowest BCUT2D eigenvalue weighted by Crippen LogP contribution is -2.41. The van der Waals surface area contributed by atoms with Crippen LogP contribution >= 0.6 is 0 Å². The van der Waals surface area contributed by atoms with Crippen LogP contribution in [0.2, 0.25) is 0 Å². The lowest BCUT2D eigenvalue weighted by atomic mass is 10.2. The number of amides is 1. The van der Waals surface area contributed by atoms with Crippen LogP contribution in [0.3, 0.4) is 0 Å². The molecular weight excluding hydrogens is 274 g/mol. The number of H-pyrrole nitrogens is 1. The van der Waals surface area contributed by atoms with E-state index in [1.54, 1.807) is 9.47 Å². The number of ether oxygens (including phenoxy) is 1. The summed E-state index contributed by atoms with van der Waals surface area (Å²) in [4.78, 5) is 26.4. The number of hydrogen-bond acceptors (Lipinski definition) is 5. The molecule has 0 bridgehead atoms. The Hall–Kier alpha value is -2.51. The van der Waals surface area contributed by atoms with Crippen LogP contribution in [-0.2, 0) is 0 Å². The molecule has 0 saturated carbocycles. The van der Waals surface area contributed by atoms with Crippen LogP contribution in [0, 0.1) is 0 Å². The Morgan fingerprint density at radius 1 is 1.48 bits per heavy atom. The molecule has 0 fully saturated rings. The number of likely N-dealkylation sites (N-methyl/N-ethyl adjacent to an activating group) is 1. The molecule has 21 heavy (non-hydrogen) atoms. The normalized spacial score (nSPS) is 18.1. The van der Waals surface area contributed by atoms with E-state index in [0.29, 0.717) is 24.3 Å². The summed E-state index contributed by atoms with van der Waals surface area (Å²) in [6, 6.07) is -0.0186. The maximum atomic E-state index is 12.6. The number of fused-ring (bicyclic) bond motifs is 3. The number of hydrogen-bond donors (Lipinski definition) is 2. The third-order valence-electron chi connectivity index (χ3n) is 3.91. The van der Waals surface area contributed by atoms with Gasteiger partial charge in [-0.1, -0.05) is 0 Å². The fourth-order valence-corrected chi connectivity index (χ4v) is 3.00. The predicted octanol–water partition coefficient (Wildman–Crippen LogP) is 0.352. The number of nitrogens with zero attached hydrogens (tertiary/aromatic N) is 3. The first kappa shape index (κ1) is 13.5. The predicted molar refractivity (Wildman–Crippen MR) is 77.6 cm³/mol. The Morgan fingerprint density at radius 3 is 2.81 bits per heavy atom. The van der Waals surface area contributed by atoms with Crippen molar-refractivity contribution in [2.24, 2.45) is 0 Å². The standard InChI is InChI=1S/C13H17N5O3/c1-4-17-5-6(2)18-8-7(12(19)16-15-11(8)14)10(21-3)9(18)13(17)20/h6H,4-5H2,1-3H3,(H2,14,15)(H,16,19)/t6-/m0/s1. The van der Waals surface area contributed by atoms with Crippen molar-refractivity contribution < 1.29 is 9.53 Å². The van der Waals surface area contributed by atoms with Gasteiger partial charge in [-0.25, -0.2) is 5.10 Å². The quantitative estimate of drug-likeness (QED) is 0.830. The van der Waals surface area contributed by atoms with Gasteiger partial charge >= 0.3 is 0 Å². The molecule has 8 heteroatoms. The third-order valence-corrected chi connectivity index (χ3v) is 3.91. The Balaban J connectivity index is 2.48. The molecule has 1 aliphatic rings. The van der Waals surface area contributed by atoms with E-state index in [1.807, 2.05) is 13.8 Å². The number of carbonyl (C=O) groups is 1. The zero-order valence-corrected chi connectivity index (χ0v) is 12.1. The average Bonchev–Trinajstić information content (AvgIpc) is 2.83. The molecule has 0 radical (unpaired) electrons. The second-order valence-electron chi connectivity index (χ2n) is 5.11. The first-order valence-corrected chi connectivity index (χ1v) is 6.76. The molecule has 0 aromatic carbocycles. The molecule has 2 aromatic rings. The Morgan fingerprint density at radius 2 is 2.19 bits per heavy atom. The lowest BCUT2D eigenvalue weighted by molar-refractivity contribution is 0.0686. The van der Waals surface area contributed by atoms with Crippen molar-refractivity contribution in [2.75, 3.05) is 25.9 Å². The SMILES string of the molecule is CCN1C[C@H](C)n2c(c(OC)c3c(=O)[nH]nc(N)c32)C1=O. The highest BCUT2D eigenvalue weighted by molar-refractivity contribution is 6.06. The van der Waals surface area contributed by atoms with Crippen LogP contribution in [0.5, 0.6) is 5.75 Å². The molecule has 0 unspecified atom stereocenters. The van der Waals surface area contributed by atoms with Crippen LogP contribution in [0.25, 0.3) is 10.9 Å². The van der Waals surface area contributed by atoms with Gasteiger partial charge in [-0.3, -0.25) is 9.59 Å². The number of rotatable bonds is 2. The number of anilines is 1. The van der Waals surface area contributed by atoms with E-state index in [0.717, 1.165) is 0 Å². The number of carbonyl (C=O) groups excluding carboxylic acids is 1. The van der Waals surface area contributed by atoms with Crippen molar-refractivity contribution in [2.45, 2.75) is 19.9 Å². The van der Waals surface area contributed by atoms with E-state index in [1.165, 1.54) is 7.11 Å². The van der Waals surface area contributed by atoms with Gasteiger partial charge in [-0.2, -0.15) is 5.10 Å². The van der Waals surface area contributed by atoms with Crippen molar-refractivity contribution in [1.29, 1.82) is 0 Å². The largest absolute Gasteiger partial charge is 0.493 e. The van der Waals surface area contributed by atoms with Crippen LogP contribution < -0.4 is 16.0 Å². The van der Waals surface area contributed by atoms with Crippen LogP contribution in [-0.4, -0.2) is 45.8 Å². The van der Waals surface area contributed by atoms with Gasteiger partial charge in [0.05, 0.1) is 7.11 Å². The monoisotopic (exact) mass is 291 g/mol. The molecule has 3 N–H and O–H groups in total. The summed E-state index contributed by atoms with van der Waals surface area (Å²) in [6.45, 7) is 5.04. The summed E-state index contributed by atoms with van der Waals surface area (Å²) >= 11 is 0. The Labute approximate surface area is 120 Å². The highest BCUT2D eigenvalue weighted by Crippen LogP contribution is 2.38. The molecule has 0 spiro atoms. The molecule has 112 valence electrons. The molecule has 0 saturated heterocycles. The molecular formula is C13H17N5O3. The van der Waals surface area contributed by atoms with Gasteiger partial charge in [-0.15, -0.1) is 0 Å². The maximum absolute atomic E-state index is 12.6. The number of nitrogens with one attached hydrogen (secondary N) is 1. The fraction of sp³-hybridized carbons (Fsp3) is 0.462. The molecule has 0 aliphatic carbocycles. The lowest BCUT2D eigenvalue weighted by Gasteiger charge is -2.32. The minimum Gasteiger partial charge on any atom is -0.493 e. The first-order valence-electron chi connectivity index (χ1n) is 6.76. The molecule has 1 atom stereocenters. The summed E-state index contributed by atoms with van der Waals surface area (Å²) in [5.41, 5.74) is 6.31. The van der Waals surface area contributed by atoms with Gasteiger partial charge in [0.15, 0.2) is 17.3 Å². The van der Waals surface area contributed by atoms with Crippen LogP contribution in [0.15, 0.2) is 4.79 Å². The third kappa shape index (κ3) is 1.65. The van der Waals surface area contributed by atoms with Gasteiger partial charge in [0, 0.05) is 19.1 Å². The number of nitrogens with two attached hydrogens (primary N) is 1. The smallest absolute Gasteiger partial charge is 0.277 e. The minimum absolute atomic E-state index is 0.0186. The van der Waals surface area contributed by atoms with Gasteiger partial charge < -0.3 is 19.9 Å². The highest BCUT2D eigenvalue weighted by Gasteiger charge is 2.36. The maximum Gasteiger partial charge on any atom is 0.277 e. The summed E-state index contributed by atoms with van der Waals surface area (Å²) in [5, 5.41) is 6.41. The molecule has 1 aliphatic heterocycles. The van der Waals surface area contributed by atoms with E-state index in [2.05, 4.69) is 10.2 Å². The molecule has 3 rings (SSSR count). The van der Waals surface area contributed by atoms with Crippen molar-refractivity contribution in [1.82, 2.24) is 19.7 Å². The van der Waals surface area contributed by atoms with Crippen molar-refractivity contribution in [3.63, 3.8) is 0 Å². The summed E-state index contributed by atoms with van der Waals surface area (Å²) in [7, 11) is 1.44. The van der Waals surface area contributed by atoms with E-state index >= 15 is 0 Å². The van der Waals surface area contributed by atoms with E-state index < -0.39 is 5.56 Å². The second kappa shape index (κ2) is 4.51. The minimum atomic E-state index is -0.416. The van der Waals surface area contributed by atoms with Crippen molar-refractivity contribution in [3.05, 3.63) is 16.0 Å². The zero-order valence-electron chi connectivity index (χ0n) is 12.1. The van der Waals surface area contributed by atoms with E-state index in [9.17, 15) is 9.59 Å². The molecule has 1 amide bonds.